The van der Waals surface area contributed by atoms with Crippen LogP contribution in [0.5, 0.6) is 6.01 Å². The van der Waals surface area contributed by atoms with Crippen LogP contribution in [-0.4, -0.2) is 47.7 Å². The van der Waals surface area contributed by atoms with Crippen molar-refractivity contribution < 1.29 is 17.9 Å². The van der Waals surface area contributed by atoms with E-state index in [4.69, 9.17) is 4.74 Å². The van der Waals surface area contributed by atoms with E-state index < -0.39 is 10.0 Å². The van der Waals surface area contributed by atoms with Crippen LogP contribution in [-0.2, 0) is 10.0 Å². The molecule has 2 heterocycles. The second kappa shape index (κ2) is 7.81. The molecule has 2 aromatic rings. The fourth-order valence-electron chi connectivity index (χ4n) is 2.75. The summed E-state index contributed by atoms with van der Waals surface area (Å²) in [7, 11) is -3.70. The number of rotatable bonds is 5. The van der Waals surface area contributed by atoms with Crippen LogP contribution in [0.1, 0.15) is 30.1 Å². The van der Waals surface area contributed by atoms with Gasteiger partial charge in [-0.05, 0) is 47.8 Å². The first-order valence-corrected chi connectivity index (χ1v) is 10.3. The molecule has 0 N–H and O–H groups in total. The number of carbonyl (C=O) groups is 1. The first-order chi connectivity index (χ1) is 12.4. The van der Waals surface area contributed by atoms with Crippen molar-refractivity contribution in [1.82, 2.24) is 14.3 Å². The van der Waals surface area contributed by atoms with Crippen molar-refractivity contribution in [3.05, 3.63) is 46.7 Å². The monoisotopic (exact) mass is 439 g/mol. The Morgan fingerprint density at radius 2 is 2.04 bits per heavy atom. The SMILES string of the molecule is CC(=O)c1cccc(S(=O)(=O)N2CCCC(Oc3ncc(Br)cn3)C2)c1. The van der Waals surface area contributed by atoms with Crippen molar-refractivity contribution in [3.63, 3.8) is 0 Å². The third kappa shape index (κ3) is 4.28. The minimum Gasteiger partial charge on any atom is -0.459 e. The summed E-state index contributed by atoms with van der Waals surface area (Å²) in [5.74, 6) is -0.172. The third-order valence-corrected chi connectivity index (χ3v) is 6.36. The highest BCUT2D eigenvalue weighted by Crippen LogP contribution is 2.23. The fourth-order valence-corrected chi connectivity index (χ4v) is 4.52. The fraction of sp³-hybridized carbons (Fsp3) is 0.353. The number of ketones is 1. The Bertz CT molecular complexity index is 902. The molecule has 9 heteroatoms. The molecule has 1 aliphatic rings. The van der Waals surface area contributed by atoms with Crippen molar-refractivity contribution >= 4 is 31.7 Å². The normalized spacial score (nSPS) is 18.5. The number of ether oxygens (including phenoxy) is 1. The van der Waals surface area contributed by atoms with E-state index in [2.05, 4.69) is 25.9 Å². The summed E-state index contributed by atoms with van der Waals surface area (Å²) in [5.41, 5.74) is 0.374. The number of hydrogen-bond acceptors (Lipinski definition) is 6. The molecule has 7 nitrogen and oxygen atoms in total. The first kappa shape index (κ1) is 18.9. The molecular formula is C17H18BrN3O4S. The second-order valence-electron chi connectivity index (χ2n) is 6.01. The molecule has 138 valence electrons. The lowest BCUT2D eigenvalue weighted by Gasteiger charge is -2.31. The highest BCUT2D eigenvalue weighted by Gasteiger charge is 2.31. The van der Waals surface area contributed by atoms with Crippen molar-refractivity contribution in [1.29, 1.82) is 0 Å². The Morgan fingerprint density at radius 3 is 2.73 bits per heavy atom. The van der Waals surface area contributed by atoms with Crippen LogP contribution in [0.15, 0.2) is 46.0 Å². The van der Waals surface area contributed by atoms with Crippen LogP contribution in [0.2, 0.25) is 0 Å². The highest BCUT2D eigenvalue weighted by molar-refractivity contribution is 9.10. The number of Topliss-reactive ketones (excluding diaryl/α,β-unsaturated/α-hetero) is 1. The number of hydrogen-bond donors (Lipinski definition) is 0. The van der Waals surface area contributed by atoms with Crippen LogP contribution < -0.4 is 4.74 Å². The van der Waals surface area contributed by atoms with Crippen molar-refractivity contribution in [2.75, 3.05) is 13.1 Å². The van der Waals surface area contributed by atoms with E-state index in [1.54, 1.807) is 24.5 Å². The first-order valence-electron chi connectivity index (χ1n) is 8.11. The number of benzene rings is 1. The minimum absolute atomic E-state index is 0.116. The molecule has 26 heavy (non-hydrogen) atoms. The lowest BCUT2D eigenvalue weighted by molar-refractivity contribution is 0.101. The standard InChI is InChI=1S/C17H18BrN3O4S/c1-12(22)13-4-2-6-16(8-13)26(23,24)21-7-3-5-15(11-21)25-17-19-9-14(18)10-20-17/h2,4,6,8-10,15H,3,5,7,11H2,1H3. The number of aromatic nitrogens is 2. The molecule has 1 aromatic heterocycles. The van der Waals surface area contributed by atoms with Crippen LogP contribution >= 0.6 is 15.9 Å². The number of halogens is 1. The van der Waals surface area contributed by atoms with Gasteiger partial charge in [-0.25, -0.2) is 18.4 Å². The Morgan fingerprint density at radius 1 is 1.31 bits per heavy atom. The molecule has 1 atom stereocenters. The van der Waals surface area contributed by atoms with E-state index in [9.17, 15) is 13.2 Å². The van der Waals surface area contributed by atoms with Gasteiger partial charge in [0.15, 0.2) is 5.78 Å². The smallest absolute Gasteiger partial charge is 0.316 e. The number of carbonyl (C=O) groups excluding carboxylic acids is 1. The van der Waals surface area contributed by atoms with Gasteiger partial charge in [0.25, 0.3) is 0 Å². The Kier molecular flexibility index (Phi) is 5.69. The molecule has 0 amide bonds. The lowest BCUT2D eigenvalue weighted by Crippen LogP contribution is -2.44. The summed E-state index contributed by atoms with van der Waals surface area (Å²) in [6.45, 7) is 2.04. The summed E-state index contributed by atoms with van der Waals surface area (Å²) in [6.07, 6.45) is 4.22. The molecule has 0 saturated carbocycles. The number of piperidine rings is 1. The molecule has 0 spiro atoms. The average Bonchev–Trinajstić information content (AvgIpc) is 2.64. The molecule has 0 bridgehead atoms. The van der Waals surface area contributed by atoms with Crippen LogP contribution in [0, 0.1) is 0 Å². The van der Waals surface area contributed by atoms with Gasteiger partial charge < -0.3 is 4.74 Å². The minimum atomic E-state index is -3.70. The van der Waals surface area contributed by atoms with Gasteiger partial charge >= 0.3 is 6.01 Å². The zero-order valence-corrected chi connectivity index (χ0v) is 16.5. The Hall–Kier alpha value is -1.84. The van der Waals surface area contributed by atoms with Crippen LogP contribution in [0.4, 0.5) is 0 Å². The highest BCUT2D eigenvalue weighted by atomic mass is 79.9. The quantitative estimate of drug-likeness (QED) is 0.665. The topological polar surface area (TPSA) is 89.5 Å². The molecule has 1 aliphatic heterocycles. The van der Waals surface area contributed by atoms with Gasteiger partial charge in [-0.15, -0.1) is 0 Å². The molecule has 0 radical (unpaired) electrons. The second-order valence-corrected chi connectivity index (χ2v) is 8.87. The summed E-state index contributed by atoms with van der Waals surface area (Å²) in [6, 6.07) is 6.33. The number of sulfonamides is 1. The third-order valence-electron chi connectivity index (χ3n) is 4.09. The maximum absolute atomic E-state index is 12.9. The van der Waals surface area contributed by atoms with Gasteiger partial charge in [-0.2, -0.15) is 4.31 Å². The molecular weight excluding hydrogens is 422 g/mol. The van der Waals surface area contributed by atoms with E-state index >= 15 is 0 Å². The van der Waals surface area contributed by atoms with Gasteiger partial charge in [0.2, 0.25) is 10.0 Å². The molecule has 0 aliphatic carbocycles. The van der Waals surface area contributed by atoms with E-state index in [0.29, 0.717) is 18.5 Å². The van der Waals surface area contributed by atoms with Crippen molar-refractivity contribution in [3.8, 4) is 6.01 Å². The van der Waals surface area contributed by atoms with E-state index in [1.165, 1.54) is 23.4 Å². The summed E-state index contributed by atoms with van der Waals surface area (Å²) in [4.78, 5) is 19.8. The maximum Gasteiger partial charge on any atom is 0.316 e. The summed E-state index contributed by atoms with van der Waals surface area (Å²) >= 11 is 3.26. The zero-order chi connectivity index (χ0) is 18.7. The van der Waals surface area contributed by atoms with Gasteiger partial charge in [0.1, 0.15) is 6.10 Å². The van der Waals surface area contributed by atoms with E-state index in [0.717, 1.165) is 10.9 Å². The van der Waals surface area contributed by atoms with Crippen molar-refractivity contribution in [2.24, 2.45) is 0 Å². The Labute approximate surface area is 160 Å². The van der Waals surface area contributed by atoms with Gasteiger partial charge in [-0.1, -0.05) is 12.1 Å². The predicted molar refractivity (Wildman–Crippen MR) is 98.6 cm³/mol. The number of nitrogens with zero attached hydrogens (tertiary/aromatic N) is 3. The molecule has 1 aromatic carbocycles. The molecule has 3 rings (SSSR count). The largest absolute Gasteiger partial charge is 0.459 e. The predicted octanol–water partition coefficient (Wildman–Crippen LogP) is 2.67. The molecule has 1 unspecified atom stereocenters. The molecule has 1 saturated heterocycles. The van der Waals surface area contributed by atoms with Crippen LogP contribution in [0.25, 0.3) is 0 Å². The Balaban J connectivity index is 1.76. The summed E-state index contributed by atoms with van der Waals surface area (Å²) in [5, 5.41) is 0. The van der Waals surface area contributed by atoms with Gasteiger partial charge in [-0.3, -0.25) is 4.79 Å². The van der Waals surface area contributed by atoms with E-state index in [-0.39, 0.29) is 29.3 Å². The van der Waals surface area contributed by atoms with E-state index in [1.807, 2.05) is 0 Å². The van der Waals surface area contributed by atoms with Crippen LogP contribution in [0.3, 0.4) is 0 Å². The van der Waals surface area contributed by atoms with Gasteiger partial charge in [0.05, 0.1) is 15.9 Å². The zero-order valence-electron chi connectivity index (χ0n) is 14.1. The summed E-state index contributed by atoms with van der Waals surface area (Å²) < 4.78 is 33.7. The average molecular weight is 440 g/mol. The molecule has 1 fully saturated rings. The van der Waals surface area contributed by atoms with Gasteiger partial charge in [0, 0.05) is 24.5 Å². The lowest BCUT2D eigenvalue weighted by atomic mass is 10.1. The maximum atomic E-state index is 12.9. The van der Waals surface area contributed by atoms with Crippen molar-refractivity contribution in [2.45, 2.75) is 30.8 Å².